The van der Waals surface area contributed by atoms with Gasteiger partial charge in [0, 0.05) is 34.1 Å². The third-order valence-electron chi connectivity index (χ3n) is 6.19. The zero-order chi connectivity index (χ0) is 21.8. The molecule has 0 amide bonds. The van der Waals surface area contributed by atoms with Crippen molar-refractivity contribution in [1.29, 1.82) is 0 Å². The van der Waals surface area contributed by atoms with Crippen LogP contribution in [-0.2, 0) is 12.0 Å². The molecule has 3 nitrogen and oxygen atoms in total. The molecule has 31 heavy (non-hydrogen) atoms. The number of likely N-dealkylation sites (tertiary alicyclic amines) is 1. The number of hydrogen-bond donors (Lipinski definition) is 1. The molecule has 2 unspecified atom stereocenters. The molecule has 4 rings (SSSR count). The van der Waals surface area contributed by atoms with Crippen molar-refractivity contribution in [3.8, 4) is 0 Å². The van der Waals surface area contributed by atoms with Crippen molar-refractivity contribution >= 4 is 37.6 Å². The van der Waals surface area contributed by atoms with Gasteiger partial charge in [0.15, 0.2) is 5.78 Å². The first-order valence-corrected chi connectivity index (χ1v) is 12.1. The lowest BCUT2D eigenvalue weighted by molar-refractivity contribution is -0.0639. The lowest BCUT2D eigenvalue weighted by Gasteiger charge is -2.44. The Balaban J connectivity index is 1.62. The number of benzene rings is 3. The van der Waals surface area contributed by atoms with Gasteiger partial charge in [0.25, 0.3) is 0 Å². The van der Waals surface area contributed by atoms with Crippen LogP contribution in [0.1, 0.15) is 27.9 Å². The van der Waals surface area contributed by atoms with Crippen molar-refractivity contribution in [2.24, 2.45) is 5.92 Å². The first kappa shape index (κ1) is 22.4. The van der Waals surface area contributed by atoms with Gasteiger partial charge in [-0.3, -0.25) is 4.79 Å². The first-order chi connectivity index (χ1) is 15.0. The smallest absolute Gasteiger partial charge is 0.171 e. The van der Waals surface area contributed by atoms with Gasteiger partial charge in [-0.2, -0.15) is 0 Å². The molecule has 0 aromatic heterocycles. The van der Waals surface area contributed by atoms with Gasteiger partial charge in [-0.05, 0) is 42.2 Å². The fourth-order valence-corrected chi connectivity index (χ4v) is 5.12. The van der Waals surface area contributed by atoms with Gasteiger partial charge in [-0.15, -0.1) is 0 Å². The van der Waals surface area contributed by atoms with Gasteiger partial charge in [0.05, 0.1) is 5.92 Å². The molecule has 5 heteroatoms. The van der Waals surface area contributed by atoms with Crippen LogP contribution in [0.3, 0.4) is 0 Å². The zero-order valence-corrected chi connectivity index (χ0v) is 20.3. The number of carbonyl (C=O) groups excluding carboxylic acids is 1. The number of rotatable bonds is 6. The summed E-state index contributed by atoms with van der Waals surface area (Å²) >= 11 is 6.99. The minimum atomic E-state index is -1.20. The van der Waals surface area contributed by atoms with Crippen molar-refractivity contribution in [2.75, 3.05) is 19.6 Å². The molecule has 160 valence electrons. The van der Waals surface area contributed by atoms with Gasteiger partial charge in [-0.1, -0.05) is 92.5 Å². The third kappa shape index (κ3) is 5.01. The van der Waals surface area contributed by atoms with Crippen LogP contribution in [0.2, 0.25) is 0 Å². The summed E-state index contributed by atoms with van der Waals surface area (Å²) in [5.74, 6) is -0.570. The molecule has 3 aromatic rings. The van der Waals surface area contributed by atoms with Crippen LogP contribution in [-0.4, -0.2) is 35.4 Å². The molecule has 3 aromatic carbocycles. The lowest BCUT2D eigenvalue weighted by atomic mass is 9.72. The van der Waals surface area contributed by atoms with E-state index in [-0.39, 0.29) is 5.78 Å². The highest BCUT2D eigenvalue weighted by molar-refractivity contribution is 9.10. The number of carbonyl (C=O) groups is 1. The Kier molecular flexibility index (Phi) is 7.07. The standard InChI is InChI=1S/C26H25Br2NO2/c27-21-12-10-20(11-13-21)26(31)15-17-29(16-14-19-6-2-1-3-7-19)18-23(26)25(30)22-8-4-5-9-24(22)28/h1-13,23,31H,14-18H2. The minimum absolute atomic E-state index is 0.0256. The van der Waals surface area contributed by atoms with Gasteiger partial charge in [0.1, 0.15) is 5.60 Å². The molecule has 1 aliphatic rings. The Bertz CT molecular complexity index is 1040. The Morgan fingerprint density at radius 3 is 2.35 bits per heavy atom. The van der Waals surface area contributed by atoms with Gasteiger partial charge < -0.3 is 10.0 Å². The van der Waals surface area contributed by atoms with Crippen LogP contribution in [0.25, 0.3) is 0 Å². The number of halogens is 2. The van der Waals surface area contributed by atoms with Crippen molar-refractivity contribution in [3.05, 3.63) is 104 Å². The maximum atomic E-state index is 13.7. The third-order valence-corrected chi connectivity index (χ3v) is 7.41. The Morgan fingerprint density at radius 2 is 1.65 bits per heavy atom. The molecule has 1 saturated heterocycles. The number of ketones is 1. The summed E-state index contributed by atoms with van der Waals surface area (Å²) in [7, 11) is 0. The first-order valence-electron chi connectivity index (χ1n) is 10.5. The second-order valence-corrected chi connectivity index (χ2v) is 9.88. The number of piperidine rings is 1. The highest BCUT2D eigenvalue weighted by atomic mass is 79.9. The van der Waals surface area contributed by atoms with Crippen LogP contribution in [0, 0.1) is 5.92 Å². The highest BCUT2D eigenvalue weighted by Gasteiger charge is 2.47. The predicted molar refractivity (Wildman–Crippen MR) is 131 cm³/mol. The predicted octanol–water partition coefficient (Wildman–Crippen LogP) is 5.85. The van der Waals surface area contributed by atoms with Crippen LogP contribution in [0.5, 0.6) is 0 Å². The highest BCUT2D eigenvalue weighted by Crippen LogP contribution is 2.40. The van der Waals surface area contributed by atoms with E-state index in [9.17, 15) is 9.90 Å². The quantitative estimate of drug-likeness (QED) is 0.397. The molecule has 1 N–H and O–H groups in total. The van der Waals surface area contributed by atoms with Crippen LogP contribution in [0.15, 0.2) is 87.8 Å². The van der Waals surface area contributed by atoms with Crippen LogP contribution >= 0.6 is 31.9 Å². The van der Waals surface area contributed by atoms with E-state index in [1.165, 1.54) is 5.56 Å². The molecule has 0 aliphatic carbocycles. The van der Waals surface area contributed by atoms with Gasteiger partial charge in [-0.25, -0.2) is 0 Å². The molecule has 0 bridgehead atoms. The summed E-state index contributed by atoms with van der Waals surface area (Å²) in [6.45, 7) is 2.14. The van der Waals surface area contributed by atoms with Gasteiger partial charge >= 0.3 is 0 Å². The van der Waals surface area contributed by atoms with Crippen molar-refractivity contribution in [1.82, 2.24) is 4.90 Å². The van der Waals surface area contributed by atoms with Gasteiger partial charge in [0.2, 0.25) is 0 Å². The van der Waals surface area contributed by atoms with Crippen molar-refractivity contribution in [2.45, 2.75) is 18.4 Å². The molecule has 1 aliphatic heterocycles. The zero-order valence-electron chi connectivity index (χ0n) is 17.2. The molecule has 0 saturated carbocycles. The second-order valence-electron chi connectivity index (χ2n) is 8.11. The van der Waals surface area contributed by atoms with E-state index in [1.54, 1.807) is 0 Å². The summed E-state index contributed by atoms with van der Waals surface area (Å²) in [4.78, 5) is 16.0. The summed E-state index contributed by atoms with van der Waals surface area (Å²) in [6, 6.07) is 25.6. The fourth-order valence-electron chi connectivity index (χ4n) is 4.37. The largest absolute Gasteiger partial charge is 0.384 e. The Hall–Kier alpha value is -1.79. The molecule has 2 atom stereocenters. The van der Waals surface area contributed by atoms with E-state index >= 15 is 0 Å². The van der Waals surface area contributed by atoms with E-state index in [0.29, 0.717) is 18.5 Å². The normalized spacial score (nSPS) is 21.7. The van der Waals surface area contributed by atoms with E-state index in [0.717, 1.165) is 34.0 Å². The second kappa shape index (κ2) is 9.78. The maximum absolute atomic E-state index is 13.7. The summed E-state index contributed by atoms with van der Waals surface area (Å²) in [5, 5.41) is 11.8. The average molecular weight is 543 g/mol. The minimum Gasteiger partial charge on any atom is -0.384 e. The molecule has 1 heterocycles. The van der Waals surface area contributed by atoms with E-state index in [4.69, 9.17) is 0 Å². The van der Waals surface area contributed by atoms with E-state index in [1.807, 2.05) is 54.6 Å². The fraction of sp³-hybridized carbons (Fsp3) is 0.269. The summed E-state index contributed by atoms with van der Waals surface area (Å²) in [5.41, 5.74) is 1.50. The van der Waals surface area contributed by atoms with Crippen LogP contribution in [0.4, 0.5) is 0 Å². The molecular weight excluding hydrogens is 518 g/mol. The molecule has 0 radical (unpaired) electrons. The topological polar surface area (TPSA) is 40.5 Å². The van der Waals surface area contributed by atoms with Crippen molar-refractivity contribution < 1.29 is 9.90 Å². The van der Waals surface area contributed by atoms with E-state index in [2.05, 4.69) is 61.0 Å². The SMILES string of the molecule is O=C(c1ccccc1Br)C1CN(CCc2ccccc2)CCC1(O)c1ccc(Br)cc1. The number of hydrogen-bond acceptors (Lipinski definition) is 3. The summed E-state index contributed by atoms with van der Waals surface area (Å²) < 4.78 is 1.72. The Morgan fingerprint density at radius 1 is 0.968 bits per heavy atom. The molecular formula is C26H25Br2NO2. The lowest BCUT2D eigenvalue weighted by Crippen LogP contribution is -2.53. The van der Waals surface area contributed by atoms with Crippen LogP contribution < -0.4 is 0 Å². The monoisotopic (exact) mass is 541 g/mol. The Labute approximate surface area is 200 Å². The maximum Gasteiger partial charge on any atom is 0.171 e. The summed E-state index contributed by atoms with van der Waals surface area (Å²) in [6.07, 6.45) is 1.44. The molecule has 1 fully saturated rings. The number of nitrogens with zero attached hydrogens (tertiary/aromatic N) is 1. The average Bonchev–Trinajstić information content (AvgIpc) is 2.79. The number of Topliss-reactive ketones (excluding diaryl/α,β-unsaturated/α-hetero) is 1. The van der Waals surface area contributed by atoms with Crippen molar-refractivity contribution in [3.63, 3.8) is 0 Å². The molecule has 0 spiro atoms. The number of aliphatic hydroxyl groups is 1. The van der Waals surface area contributed by atoms with E-state index < -0.39 is 11.5 Å².